The van der Waals surface area contributed by atoms with Crippen LogP contribution in [0, 0.1) is 6.92 Å². The molecule has 0 radical (unpaired) electrons. The van der Waals surface area contributed by atoms with Crippen LogP contribution in [0.1, 0.15) is 16.7 Å². The monoisotopic (exact) mass is 408 g/mol. The fourth-order valence-corrected chi connectivity index (χ4v) is 3.89. The first-order chi connectivity index (χ1) is 15.1. The first-order valence-corrected chi connectivity index (χ1v) is 10.0. The number of aryl methyl sites for hydroxylation is 1. The summed E-state index contributed by atoms with van der Waals surface area (Å²) >= 11 is 0. The molecular formula is C25H20N4O2. The van der Waals surface area contributed by atoms with Gasteiger partial charge in [-0.1, -0.05) is 60.2 Å². The van der Waals surface area contributed by atoms with Crippen LogP contribution in [-0.2, 0) is 6.54 Å². The second kappa shape index (κ2) is 7.57. The van der Waals surface area contributed by atoms with Crippen molar-refractivity contribution in [3.63, 3.8) is 0 Å². The van der Waals surface area contributed by atoms with Gasteiger partial charge in [-0.05, 0) is 30.7 Å². The van der Waals surface area contributed by atoms with Gasteiger partial charge in [0.2, 0.25) is 0 Å². The van der Waals surface area contributed by atoms with Crippen LogP contribution in [0.4, 0.5) is 0 Å². The molecule has 5 aromatic rings. The van der Waals surface area contributed by atoms with Crippen molar-refractivity contribution < 1.29 is 0 Å². The van der Waals surface area contributed by atoms with Crippen LogP contribution in [0.5, 0.6) is 0 Å². The quantitative estimate of drug-likeness (QED) is 0.459. The van der Waals surface area contributed by atoms with Crippen molar-refractivity contribution in [2.45, 2.75) is 13.5 Å². The highest BCUT2D eigenvalue weighted by Gasteiger charge is 2.09. The average molecular weight is 408 g/mol. The summed E-state index contributed by atoms with van der Waals surface area (Å²) in [6.45, 7) is 2.79. The van der Waals surface area contributed by atoms with Gasteiger partial charge < -0.3 is 9.55 Å². The Morgan fingerprint density at radius 3 is 2.55 bits per heavy atom. The van der Waals surface area contributed by atoms with Crippen LogP contribution in [0.2, 0.25) is 0 Å². The van der Waals surface area contributed by atoms with Crippen LogP contribution in [-0.4, -0.2) is 20.4 Å². The molecule has 6 heteroatoms. The van der Waals surface area contributed by atoms with Gasteiger partial charge in [0.1, 0.15) is 0 Å². The van der Waals surface area contributed by atoms with E-state index >= 15 is 0 Å². The summed E-state index contributed by atoms with van der Waals surface area (Å²) in [5.41, 5.74) is 3.80. The molecule has 0 aliphatic heterocycles. The first kappa shape index (κ1) is 18.8. The summed E-state index contributed by atoms with van der Waals surface area (Å²) in [7, 11) is 0. The molecule has 3 aromatic carbocycles. The van der Waals surface area contributed by atoms with E-state index in [4.69, 9.17) is 0 Å². The zero-order valence-electron chi connectivity index (χ0n) is 16.9. The molecule has 5 rings (SSSR count). The third-order valence-corrected chi connectivity index (χ3v) is 5.35. The van der Waals surface area contributed by atoms with Gasteiger partial charge >= 0.3 is 5.69 Å². The largest absolute Gasteiger partial charge is 0.349 e. The Balaban J connectivity index is 1.59. The van der Waals surface area contributed by atoms with E-state index in [1.54, 1.807) is 30.5 Å². The maximum absolute atomic E-state index is 12.7. The lowest BCUT2D eigenvalue weighted by Crippen LogP contribution is -2.32. The fraction of sp³-hybridized carbons (Fsp3) is 0.0800. The number of hydrogen-bond acceptors (Lipinski definition) is 3. The van der Waals surface area contributed by atoms with Gasteiger partial charge in [-0.15, -0.1) is 4.68 Å². The number of benzene rings is 3. The van der Waals surface area contributed by atoms with E-state index in [0.29, 0.717) is 17.4 Å². The molecule has 6 nitrogen and oxygen atoms in total. The van der Waals surface area contributed by atoms with E-state index in [2.05, 4.69) is 51.9 Å². The lowest BCUT2D eigenvalue weighted by atomic mass is 10.1. The Kier molecular flexibility index (Phi) is 4.59. The molecule has 0 saturated heterocycles. The number of para-hydroxylation sites is 2. The smallest absolute Gasteiger partial charge is 0.342 e. The lowest BCUT2D eigenvalue weighted by Gasteiger charge is -2.06. The Labute approximate surface area is 177 Å². The van der Waals surface area contributed by atoms with Crippen LogP contribution >= 0.6 is 0 Å². The number of nitrogens with one attached hydrogen (secondary N) is 1. The molecule has 2 aromatic heterocycles. The minimum atomic E-state index is -0.566. The second-order valence-electron chi connectivity index (χ2n) is 7.56. The van der Waals surface area contributed by atoms with E-state index < -0.39 is 11.2 Å². The van der Waals surface area contributed by atoms with Gasteiger partial charge in [-0.3, -0.25) is 4.79 Å². The van der Waals surface area contributed by atoms with E-state index in [-0.39, 0.29) is 0 Å². The van der Waals surface area contributed by atoms with Crippen LogP contribution in [0.25, 0.3) is 21.8 Å². The zero-order chi connectivity index (χ0) is 21.4. The van der Waals surface area contributed by atoms with E-state index in [1.807, 2.05) is 24.4 Å². The predicted molar refractivity (Wildman–Crippen MR) is 124 cm³/mol. The minimum Gasteiger partial charge on any atom is -0.342 e. The van der Waals surface area contributed by atoms with Crippen molar-refractivity contribution in [1.82, 2.24) is 14.2 Å². The van der Waals surface area contributed by atoms with Crippen molar-refractivity contribution in [3.05, 3.63) is 117 Å². The summed E-state index contributed by atoms with van der Waals surface area (Å²) in [6.07, 6.45) is 3.57. The zero-order valence-corrected chi connectivity index (χ0v) is 16.9. The highest BCUT2D eigenvalue weighted by molar-refractivity contribution is 5.99. The standard InChI is InChI=1S/C25H20N4O2/c1-17-7-6-8-18(13-17)15-28-16-19(20-9-3-5-12-23(20)28)14-26-29-24(30)21-10-2-4-11-22(21)27-25(29)31/h2-14,16H,15H2,1H3,(H,27,31). The Hall–Kier alpha value is -4.19. The van der Waals surface area contributed by atoms with Gasteiger partial charge in [-0.2, -0.15) is 5.10 Å². The third-order valence-electron chi connectivity index (χ3n) is 5.35. The molecule has 0 aliphatic rings. The van der Waals surface area contributed by atoms with Crippen molar-refractivity contribution in [2.75, 3.05) is 0 Å². The Morgan fingerprint density at radius 1 is 0.935 bits per heavy atom. The minimum absolute atomic E-state index is 0.418. The number of nitrogens with zero attached hydrogens (tertiary/aromatic N) is 3. The SMILES string of the molecule is Cc1cccc(Cn2cc(C=Nn3c(=O)[nH]c4ccccc4c3=O)c3ccccc32)c1. The topological polar surface area (TPSA) is 72.2 Å². The first-order valence-electron chi connectivity index (χ1n) is 10.0. The average Bonchev–Trinajstić information content (AvgIpc) is 3.11. The van der Waals surface area contributed by atoms with Gasteiger partial charge in [0.15, 0.2) is 0 Å². The highest BCUT2D eigenvalue weighted by Crippen LogP contribution is 2.21. The highest BCUT2D eigenvalue weighted by atomic mass is 16.2. The number of rotatable bonds is 4. The molecule has 0 atom stereocenters. The lowest BCUT2D eigenvalue weighted by molar-refractivity contribution is 0.771. The molecule has 31 heavy (non-hydrogen) atoms. The van der Waals surface area contributed by atoms with Gasteiger partial charge in [0.05, 0.1) is 17.1 Å². The molecule has 0 spiro atoms. The normalized spacial score (nSPS) is 11.6. The number of aromatic amines is 1. The molecule has 0 saturated carbocycles. The summed E-state index contributed by atoms with van der Waals surface area (Å²) in [6, 6.07) is 23.3. The van der Waals surface area contributed by atoms with Gasteiger partial charge in [0.25, 0.3) is 5.56 Å². The van der Waals surface area contributed by atoms with Crippen molar-refractivity contribution in [1.29, 1.82) is 0 Å². The molecule has 0 fully saturated rings. The molecule has 152 valence electrons. The second-order valence-corrected chi connectivity index (χ2v) is 7.56. The molecular weight excluding hydrogens is 388 g/mol. The summed E-state index contributed by atoms with van der Waals surface area (Å²) in [5.74, 6) is 0. The van der Waals surface area contributed by atoms with E-state index in [1.165, 1.54) is 11.1 Å². The Morgan fingerprint density at radius 2 is 1.71 bits per heavy atom. The van der Waals surface area contributed by atoms with Crippen molar-refractivity contribution in [2.24, 2.45) is 5.10 Å². The van der Waals surface area contributed by atoms with Gasteiger partial charge in [-0.25, -0.2) is 4.79 Å². The van der Waals surface area contributed by atoms with Crippen molar-refractivity contribution in [3.8, 4) is 0 Å². The number of aromatic nitrogens is 3. The molecule has 2 heterocycles. The molecule has 1 N–H and O–H groups in total. The van der Waals surface area contributed by atoms with Crippen molar-refractivity contribution >= 4 is 28.0 Å². The number of fused-ring (bicyclic) bond motifs is 2. The maximum atomic E-state index is 12.7. The number of H-pyrrole nitrogens is 1. The summed E-state index contributed by atoms with van der Waals surface area (Å²) < 4.78 is 3.02. The molecule has 0 amide bonds. The number of hydrogen-bond donors (Lipinski definition) is 1. The van der Waals surface area contributed by atoms with Crippen LogP contribution in [0.15, 0.2) is 93.7 Å². The fourth-order valence-electron chi connectivity index (χ4n) is 3.89. The molecule has 0 unspecified atom stereocenters. The Bertz CT molecular complexity index is 1570. The predicted octanol–water partition coefficient (Wildman–Crippen LogP) is 3.88. The molecule has 0 bridgehead atoms. The van der Waals surface area contributed by atoms with E-state index in [0.717, 1.165) is 21.1 Å². The third kappa shape index (κ3) is 3.48. The summed E-state index contributed by atoms with van der Waals surface area (Å²) in [4.78, 5) is 27.8. The van der Waals surface area contributed by atoms with E-state index in [9.17, 15) is 9.59 Å². The van der Waals surface area contributed by atoms with Gasteiger partial charge in [0, 0.05) is 29.2 Å². The molecule has 0 aliphatic carbocycles. The maximum Gasteiger partial charge on any atom is 0.349 e. The van der Waals surface area contributed by atoms with Crippen LogP contribution in [0.3, 0.4) is 0 Å². The summed E-state index contributed by atoms with van der Waals surface area (Å²) in [5, 5.41) is 5.65. The van der Waals surface area contributed by atoms with Crippen LogP contribution < -0.4 is 11.2 Å².